The molecule has 1 aromatic rings. The number of nitrogens with two attached hydrogens (primary N) is 1. The van der Waals surface area contributed by atoms with Crippen LogP contribution in [0.1, 0.15) is 5.56 Å². The number of amides is 1. The fourth-order valence-electron chi connectivity index (χ4n) is 1.26. The second-order valence-corrected chi connectivity index (χ2v) is 3.66. The molecule has 94 valence electrons. The van der Waals surface area contributed by atoms with Gasteiger partial charge in [0.25, 0.3) is 5.91 Å². The number of methoxy groups -OCH3 is 1. The quantitative estimate of drug-likeness (QED) is 0.565. The summed E-state index contributed by atoms with van der Waals surface area (Å²) in [6.45, 7) is 2.85. The number of benzene rings is 1. The lowest BCUT2D eigenvalue weighted by atomic mass is 10.2. The summed E-state index contributed by atoms with van der Waals surface area (Å²) < 4.78 is 10.2. The predicted octanol–water partition coefficient (Wildman–Crippen LogP) is 0.719. The summed E-state index contributed by atoms with van der Waals surface area (Å²) in [6, 6.07) is 5.35. The number of hydrogen-bond donors (Lipinski definition) is 2. The van der Waals surface area contributed by atoms with E-state index in [1.165, 1.54) is 0 Å². The topological polar surface area (TPSA) is 73.6 Å². The molecule has 0 bridgehead atoms. The smallest absolute Gasteiger partial charge is 0.258 e. The number of carbonyl (C=O) groups excluding carboxylic acids is 1. The van der Waals surface area contributed by atoms with E-state index in [1.54, 1.807) is 19.2 Å². The third kappa shape index (κ3) is 4.74. The Kier molecular flexibility index (Phi) is 5.29. The van der Waals surface area contributed by atoms with Crippen molar-refractivity contribution in [3.05, 3.63) is 23.8 Å². The number of nitrogens with one attached hydrogen (secondary N) is 1. The lowest BCUT2D eigenvalue weighted by Crippen LogP contribution is -2.31. The molecule has 0 aliphatic carbocycles. The van der Waals surface area contributed by atoms with Crippen LogP contribution in [0, 0.1) is 6.92 Å². The normalized spacial score (nSPS) is 10.0. The molecule has 0 saturated heterocycles. The molecular formula is C12H18N2O3. The number of carbonyl (C=O) groups is 1. The van der Waals surface area contributed by atoms with Crippen LogP contribution >= 0.6 is 0 Å². The van der Waals surface area contributed by atoms with Gasteiger partial charge in [0.1, 0.15) is 5.75 Å². The van der Waals surface area contributed by atoms with Crippen molar-refractivity contribution >= 4 is 11.6 Å². The molecule has 0 aliphatic rings. The Morgan fingerprint density at radius 1 is 1.47 bits per heavy atom. The number of hydrogen-bond acceptors (Lipinski definition) is 4. The Morgan fingerprint density at radius 3 is 2.94 bits per heavy atom. The van der Waals surface area contributed by atoms with Crippen LogP contribution in [0.4, 0.5) is 5.69 Å². The van der Waals surface area contributed by atoms with Gasteiger partial charge < -0.3 is 20.5 Å². The molecule has 3 N–H and O–H groups in total. The van der Waals surface area contributed by atoms with Gasteiger partial charge in [-0.15, -0.1) is 0 Å². The average Bonchev–Trinajstić information content (AvgIpc) is 2.31. The summed E-state index contributed by atoms with van der Waals surface area (Å²) in [7, 11) is 1.58. The van der Waals surface area contributed by atoms with Crippen molar-refractivity contribution in [1.82, 2.24) is 5.32 Å². The van der Waals surface area contributed by atoms with E-state index in [-0.39, 0.29) is 12.5 Å². The van der Waals surface area contributed by atoms with E-state index >= 15 is 0 Å². The van der Waals surface area contributed by atoms with Crippen LogP contribution in [0.15, 0.2) is 18.2 Å². The van der Waals surface area contributed by atoms with Crippen LogP contribution in [-0.2, 0) is 9.53 Å². The number of rotatable bonds is 6. The van der Waals surface area contributed by atoms with Crippen molar-refractivity contribution in [3.63, 3.8) is 0 Å². The Balaban J connectivity index is 2.39. The molecule has 0 radical (unpaired) electrons. The maximum Gasteiger partial charge on any atom is 0.258 e. The molecule has 0 fully saturated rings. The summed E-state index contributed by atoms with van der Waals surface area (Å²) in [5, 5.41) is 2.67. The molecule has 0 aromatic heterocycles. The van der Waals surface area contributed by atoms with Crippen LogP contribution in [0.2, 0.25) is 0 Å². The van der Waals surface area contributed by atoms with Gasteiger partial charge in [0.15, 0.2) is 6.61 Å². The predicted molar refractivity (Wildman–Crippen MR) is 66.0 cm³/mol. The maximum absolute atomic E-state index is 11.4. The Hall–Kier alpha value is -1.75. The van der Waals surface area contributed by atoms with Gasteiger partial charge >= 0.3 is 0 Å². The van der Waals surface area contributed by atoms with Gasteiger partial charge in [-0.05, 0) is 18.6 Å². The van der Waals surface area contributed by atoms with E-state index in [9.17, 15) is 4.79 Å². The van der Waals surface area contributed by atoms with Crippen molar-refractivity contribution in [2.75, 3.05) is 32.6 Å². The summed E-state index contributed by atoms with van der Waals surface area (Å²) in [5.41, 5.74) is 7.20. The third-order valence-electron chi connectivity index (χ3n) is 2.20. The molecule has 0 unspecified atom stereocenters. The Labute approximate surface area is 101 Å². The molecular weight excluding hydrogens is 220 g/mol. The molecule has 17 heavy (non-hydrogen) atoms. The molecule has 1 amide bonds. The minimum atomic E-state index is -0.177. The standard InChI is InChI=1S/C12H18N2O3/c1-9-3-4-10(13)7-11(9)17-8-12(15)14-5-6-16-2/h3-4,7H,5-6,8,13H2,1-2H3,(H,14,15). The summed E-state index contributed by atoms with van der Waals surface area (Å²) in [5.74, 6) is 0.454. The highest BCUT2D eigenvalue weighted by Crippen LogP contribution is 2.20. The Bertz CT molecular complexity index is 380. The van der Waals surface area contributed by atoms with Gasteiger partial charge in [-0.2, -0.15) is 0 Å². The minimum Gasteiger partial charge on any atom is -0.483 e. The van der Waals surface area contributed by atoms with Gasteiger partial charge in [0.2, 0.25) is 0 Å². The van der Waals surface area contributed by atoms with Gasteiger partial charge in [0, 0.05) is 25.4 Å². The van der Waals surface area contributed by atoms with Gasteiger partial charge in [0.05, 0.1) is 6.61 Å². The molecule has 5 heteroatoms. The van der Waals surface area contributed by atoms with Crippen LogP contribution in [-0.4, -0.2) is 32.8 Å². The molecule has 0 spiro atoms. The Morgan fingerprint density at radius 2 is 2.24 bits per heavy atom. The fraction of sp³-hybridized carbons (Fsp3) is 0.417. The zero-order chi connectivity index (χ0) is 12.7. The molecule has 0 heterocycles. The first-order valence-electron chi connectivity index (χ1n) is 5.38. The van der Waals surface area contributed by atoms with Crippen LogP contribution < -0.4 is 15.8 Å². The summed E-state index contributed by atoms with van der Waals surface area (Å²) >= 11 is 0. The van der Waals surface area contributed by atoms with E-state index in [2.05, 4.69) is 5.32 Å². The number of aryl methyl sites for hydroxylation is 1. The van der Waals surface area contributed by atoms with Crippen LogP contribution in [0.5, 0.6) is 5.75 Å². The lowest BCUT2D eigenvalue weighted by molar-refractivity contribution is -0.123. The fourth-order valence-corrected chi connectivity index (χ4v) is 1.26. The molecule has 0 saturated carbocycles. The first-order chi connectivity index (χ1) is 8.13. The highest BCUT2D eigenvalue weighted by Gasteiger charge is 2.04. The second-order valence-electron chi connectivity index (χ2n) is 3.66. The van der Waals surface area contributed by atoms with Crippen LogP contribution in [0.3, 0.4) is 0 Å². The van der Waals surface area contributed by atoms with Crippen molar-refractivity contribution < 1.29 is 14.3 Å². The monoisotopic (exact) mass is 238 g/mol. The highest BCUT2D eigenvalue weighted by molar-refractivity contribution is 5.77. The van der Waals surface area contributed by atoms with Gasteiger partial charge in [-0.25, -0.2) is 0 Å². The van der Waals surface area contributed by atoms with Crippen molar-refractivity contribution in [2.24, 2.45) is 0 Å². The summed E-state index contributed by atoms with van der Waals surface area (Å²) in [6.07, 6.45) is 0. The van der Waals surface area contributed by atoms with Crippen molar-refractivity contribution in [2.45, 2.75) is 6.92 Å². The first kappa shape index (κ1) is 13.3. The molecule has 5 nitrogen and oxygen atoms in total. The summed E-state index contributed by atoms with van der Waals surface area (Å²) in [4.78, 5) is 11.4. The van der Waals surface area contributed by atoms with Crippen molar-refractivity contribution in [3.8, 4) is 5.75 Å². The van der Waals surface area contributed by atoms with Gasteiger partial charge in [-0.3, -0.25) is 4.79 Å². The molecule has 1 rings (SSSR count). The number of nitrogen functional groups attached to an aromatic ring is 1. The first-order valence-corrected chi connectivity index (χ1v) is 5.38. The number of ether oxygens (including phenoxy) is 2. The largest absolute Gasteiger partial charge is 0.483 e. The van der Waals surface area contributed by atoms with E-state index in [0.717, 1.165) is 5.56 Å². The van der Waals surface area contributed by atoms with E-state index in [1.807, 2.05) is 13.0 Å². The van der Waals surface area contributed by atoms with Crippen LogP contribution in [0.25, 0.3) is 0 Å². The second kappa shape index (κ2) is 6.75. The maximum atomic E-state index is 11.4. The lowest BCUT2D eigenvalue weighted by Gasteiger charge is -2.10. The van der Waals surface area contributed by atoms with E-state index in [4.69, 9.17) is 15.2 Å². The highest BCUT2D eigenvalue weighted by atomic mass is 16.5. The molecule has 1 aromatic carbocycles. The van der Waals surface area contributed by atoms with Crippen molar-refractivity contribution in [1.29, 1.82) is 0 Å². The average molecular weight is 238 g/mol. The molecule has 0 atom stereocenters. The van der Waals surface area contributed by atoms with E-state index < -0.39 is 0 Å². The zero-order valence-corrected chi connectivity index (χ0v) is 10.2. The third-order valence-corrected chi connectivity index (χ3v) is 2.20. The van der Waals surface area contributed by atoms with Gasteiger partial charge in [-0.1, -0.05) is 6.07 Å². The number of anilines is 1. The molecule has 0 aliphatic heterocycles. The minimum absolute atomic E-state index is 0.0198. The zero-order valence-electron chi connectivity index (χ0n) is 10.2. The SMILES string of the molecule is COCCNC(=O)COc1cc(N)ccc1C. The van der Waals surface area contributed by atoms with E-state index in [0.29, 0.717) is 24.6 Å².